The van der Waals surface area contributed by atoms with E-state index in [9.17, 15) is 0 Å². The average molecular weight is 160 g/mol. The van der Waals surface area contributed by atoms with Crippen molar-refractivity contribution in [3.8, 4) is 0 Å². The maximum Gasteiger partial charge on any atom is 0.0547 e. The van der Waals surface area contributed by atoms with Crippen LogP contribution in [-0.2, 0) is 0 Å². The molecular weight excluding hydrogens is 148 g/mol. The SMILES string of the molecule is C=N/C(C)=C\N=C1C=CC=CC1. The number of hydrogen-bond acceptors (Lipinski definition) is 2. The maximum atomic E-state index is 4.24. The first-order valence-corrected chi connectivity index (χ1v) is 3.86. The summed E-state index contributed by atoms with van der Waals surface area (Å²) >= 11 is 0. The molecule has 1 aliphatic rings. The van der Waals surface area contributed by atoms with Crippen LogP contribution >= 0.6 is 0 Å². The number of rotatable bonds is 2. The first-order chi connectivity index (χ1) is 5.83. The van der Waals surface area contributed by atoms with E-state index in [2.05, 4.69) is 22.8 Å². The number of allylic oxidation sites excluding steroid dienone is 5. The van der Waals surface area contributed by atoms with Crippen LogP contribution in [0.4, 0.5) is 0 Å². The molecule has 0 bridgehead atoms. The van der Waals surface area contributed by atoms with E-state index in [1.165, 1.54) is 0 Å². The minimum atomic E-state index is 0.838. The second-order valence-corrected chi connectivity index (χ2v) is 2.54. The van der Waals surface area contributed by atoms with E-state index in [1.807, 2.05) is 25.2 Å². The maximum absolute atomic E-state index is 4.24. The Morgan fingerprint density at radius 3 is 3.00 bits per heavy atom. The molecule has 0 N–H and O–H groups in total. The molecular formula is C10H12N2. The molecule has 0 aromatic carbocycles. The van der Waals surface area contributed by atoms with Gasteiger partial charge in [0.05, 0.1) is 5.70 Å². The molecule has 62 valence electrons. The lowest BCUT2D eigenvalue weighted by atomic mass is 10.1. The zero-order valence-electron chi connectivity index (χ0n) is 7.20. The molecule has 0 aliphatic heterocycles. The van der Waals surface area contributed by atoms with Crippen LogP contribution in [0, 0.1) is 0 Å². The summed E-state index contributed by atoms with van der Waals surface area (Å²) in [6.45, 7) is 5.28. The fraction of sp³-hybridized carbons (Fsp3) is 0.200. The predicted molar refractivity (Wildman–Crippen MR) is 53.6 cm³/mol. The molecule has 0 saturated carbocycles. The van der Waals surface area contributed by atoms with Crippen LogP contribution in [0.3, 0.4) is 0 Å². The van der Waals surface area contributed by atoms with Crippen LogP contribution in [0.15, 0.2) is 46.2 Å². The highest BCUT2D eigenvalue weighted by Crippen LogP contribution is 2.01. The predicted octanol–water partition coefficient (Wildman–Crippen LogP) is 2.51. The van der Waals surface area contributed by atoms with Gasteiger partial charge in [-0.3, -0.25) is 9.98 Å². The fourth-order valence-corrected chi connectivity index (χ4v) is 0.815. The van der Waals surface area contributed by atoms with Crippen molar-refractivity contribution in [2.45, 2.75) is 13.3 Å². The third-order valence-corrected chi connectivity index (χ3v) is 1.53. The van der Waals surface area contributed by atoms with Gasteiger partial charge in [-0.15, -0.1) is 0 Å². The second kappa shape index (κ2) is 4.44. The molecule has 0 radical (unpaired) electrons. The van der Waals surface area contributed by atoms with Gasteiger partial charge in [0.1, 0.15) is 0 Å². The summed E-state index contributed by atoms with van der Waals surface area (Å²) in [5.74, 6) is 0. The Balaban J connectivity index is 2.64. The van der Waals surface area contributed by atoms with Crippen molar-refractivity contribution in [3.05, 3.63) is 36.2 Å². The standard InChI is InChI=1S/C10H12N2/c1-9(11-2)8-12-10-6-4-3-5-7-10/h3-6,8H,2,7H2,1H3/b9-8-,12-10?. The Kier molecular flexibility index (Phi) is 3.20. The average Bonchev–Trinajstić information content (AvgIpc) is 2.16. The van der Waals surface area contributed by atoms with Gasteiger partial charge in [0, 0.05) is 18.3 Å². The van der Waals surface area contributed by atoms with E-state index < -0.39 is 0 Å². The summed E-state index contributed by atoms with van der Waals surface area (Å²) in [5.41, 5.74) is 1.89. The van der Waals surface area contributed by atoms with Crippen LogP contribution in [0.5, 0.6) is 0 Å². The van der Waals surface area contributed by atoms with E-state index in [4.69, 9.17) is 0 Å². The number of nitrogens with zero attached hydrogens (tertiary/aromatic N) is 2. The molecule has 0 heterocycles. The van der Waals surface area contributed by atoms with Crippen molar-refractivity contribution in [1.82, 2.24) is 0 Å². The first kappa shape index (κ1) is 8.65. The van der Waals surface area contributed by atoms with Gasteiger partial charge in [-0.05, 0) is 19.7 Å². The zero-order chi connectivity index (χ0) is 8.81. The van der Waals surface area contributed by atoms with Gasteiger partial charge >= 0.3 is 0 Å². The molecule has 2 heteroatoms. The highest BCUT2D eigenvalue weighted by atomic mass is 14.8. The minimum Gasteiger partial charge on any atom is -0.268 e. The highest BCUT2D eigenvalue weighted by Gasteiger charge is 1.92. The normalized spacial score (nSPS) is 20.1. The van der Waals surface area contributed by atoms with Crippen molar-refractivity contribution in [2.75, 3.05) is 0 Å². The Labute approximate surface area is 72.7 Å². The van der Waals surface area contributed by atoms with E-state index in [0.717, 1.165) is 17.8 Å². The number of hydrogen-bond donors (Lipinski definition) is 0. The highest BCUT2D eigenvalue weighted by molar-refractivity contribution is 5.97. The van der Waals surface area contributed by atoms with Crippen LogP contribution in [0.25, 0.3) is 0 Å². The Hall–Kier alpha value is -1.44. The van der Waals surface area contributed by atoms with Crippen LogP contribution in [-0.4, -0.2) is 12.4 Å². The van der Waals surface area contributed by atoms with Gasteiger partial charge in [-0.25, -0.2) is 0 Å². The molecule has 0 fully saturated rings. The quantitative estimate of drug-likeness (QED) is 0.554. The second-order valence-electron chi connectivity index (χ2n) is 2.54. The largest absolute Gasteiger partial charge is 0.268 e. The Morgan fingerprint density at radius 2 is 2.42 bits per heavy atom. The molecule has 0 atom stereocenters. The van der Waals surface area contributed by atoms with Crippen molar-refractivity contribution >= 4 is 12.4 Å². The third-order valence-electron chi connectivity index (χ3n) is 1.53. The molecule has 1 aliphatic carbocycles. The van der Waals surface area contributed by atoms with Gasteiger partial charge in [-0.1, -0.05) is 18.2 Å². The summed E-state index contributed by atoms with van der Waals surface area (Å²) in [6.07, 6.45) is 10.7. The summed E-state index contributed by atoms with van der Waals surface area (Å²) in [4.78, 5) is 7.97. The van der Waals surface area contributed by atoms with Gasteiger partial charge in [0.15, 0.2) is 0 Å². The summed E-state index contributed by atoms with van der Waals surface area (Å²) < 4.78 is 0. The van der Waals surface area contributed by atoms with Crippen molar-refractivity contribution in [2.24, 2.45) is 9.98 Å². The topological polar surface area (TPSA) is 24.7 Å². The van der Waals surface area contributed by atoms with Crippen molar-refractivity contribution in [1.29, 1.82) is 0 Å². The molecule has 1 rings (SSSR count). The van der Waals surface area contributed by atoms with Crippen molar-refractivity contribution in [3.63, 3.8) is 0 Å². The summed E-state index contributed by atoms with van der Waals surface area (Å²) in [6, 6.07) is 0. The van der Waals surface area contributed by atoms with Crippen molar-refractivity contribution < 1.29 is 0 Å². The molecule has 0 aromatic heterocycles. The lowest BCUT2D eigenvalue weighted by molar-refractivity contribution is 1.27. The minimum absolute atomic E-state index is 0.838. The van der Waals surface area contributed by atoms with Gasteiger partial charge in [0.25, 0.3) is 0 Å². The molecule has 0 amide bonds. The number of aliphatic imine (C=N–C) groups is 2. The lowest BCUT2D eigenvalue weighted by Gasteiger charge is -1.97. The molecule has 0 spiro atoms. The molecule has 2 nitrogen and oxygen atoms in total. The smallest absolute Gasteiger partial charge is 0.0547 e. The van der Waals surface area contributed by atoms with E-state index >= 15 is 0 Å². The molecule has 0 unspecified atom stereocenters. The van der Waals surface area contributed by atoms with Gasteiger partial charge in [-0.2, -0.15) is 0 Å². The summed E-state index contributed by atoms with van der Waals surface area (Å²) in [5, 5.41) is 0. The first-order valence-electron chi connectivity index (χ1n) is 3.86. The van der Waals surface area contributed by atoms with E-state index in [-0.39, 0.29) is 0 Å². The fourth-order valence-electron chi connectivity index (χ4n) is 0.815. The van der Waals surface area contributed by atoms with Gasteiger partial charge < -0.3 is 0 Å². The zero-order valence-corrected chi connectivity index (χ0v) is 7.20. The van der Waals surface area contributed by atoms with Gasteiger partial charge in [0.2, 0.25) is 0 Å². The van der Waals surface area contributed by atoms with Crippen LogP contribution < -0.4 is 0 Å². The Bertz CT molecular complexity index is 280. The Morgan fingerprint density at radius 1 is 1.58 bits per heavy atom. The third kappa shape index (κ3) is 2.66. The molecule has 12 heavy (non-hydrogen) atoms. The molecule has 0 aromatic rings. The van der Waals surface area contributed by atoms with Crippen LogP contribution in [0.1, 0.15) is 13.3 Å². The monoisotopic (exact) mass is 160 g/mol. The van der Waals surface area contributed by atoms with Crippen LogP contribution in [0.2, 0.25) is 0 Å². The lowest BCUT2D eigenvalue weighted by Crippen LogP contribution is -1.92. The molecule has 0 saturated heterocycles. The van der Waals surface area contributed by atoms with E-state index in [0.29, 0.717) is 0 Å². The summed E-state index contributed by atoms with van der Waals surface area (Å²) in [7, 11) is 0. The van der Waals surface area contributed by atoms with E-state index in [1.54, 1.807) is 6.20 Å².